The van der Waals surface area contributed by atoms with Crippen molar-refractivity contribution in [2.45, 2.75) is 65.9 Å². The van der Waals surface area contributed by atoms with Crippen LogP contribution in [0.25, 0.3) is 0 Å². The first-order valence-corrected chi connectivity index (χ1v) is 12.5. The van der Waals surface area contributed by atoms with Crippen molar-refractivity contribution in [3.8, 4) is 0 Å². The number of nitrogens with one attached hydrogen (secondary N) is 1. The molecule has 3 heterocycles. The highest BCUT2D eigenvalue weighted by Gasteiger charge is 2.35. The second-order valence-corrected chi connectivity index (χ2v) is 10.5. The molecule has 1 N–H and O–H groups in total. The number of carbonyl (C=O) groups excluding carboxylic acids is 1. The van der Waals surface area contributed by atoms with E-state index in [-0.39, 0.29) is 11.5 Å². The molecule has 2 atom stereocenters. The van der Waals surface area contributed by atoms with E-state index in [1.165, 1.54) is 12.8 Å². The molecule has 0 bridgehead atoms. The molecule has 3 aliphatic rings. The number of guanidine groups is 1. The van der Waals surface area contributed by atoms with Crippen LogP contribution in [0.5, 0.6) is 0 Å². The Kier molecular flexibility index (Phi) is 9.02. The maximum Gasteiger partial charge on any atom is 0.236 e. The Bertz CT molecular complexity index is 589. The predicted molar refractivity (Wildman–Crippen MR) is 126 cm³/mol. The molecule has 7 nitrogen and oxygen atoms in total. The second-order valence-electron chi connectivity index (χ2n) is 10.5. The van der Waals surface area contributed by atoms with Crippen molar-refractivity contribution >= 4 is 11.9 Å². The monoisotopic (exact) mass is 435 g/mol. The zero-order chi connectivity index (χ0) is 22.3. The van der Waals surface area contributed by atoms with Crippen LogP contribution in [0.1, 0.15) is 59.8 Å². The molecule has 0 aromatic heterocycles. The van der Waals surface area contributed by atoms with Gasteiger partial charge in [0.25, 0.3) is 0 Å². The molecule has 0 radical (unpaired) electrons. The van der Waals surface area contributed by atoms with Gasteiger partial charge in [-0.05, 0) is 44.4 Å². The molecule has 0 aromatic carbocycles. The summed E-state index contributed by atoms with van der Waals surface area (Å²) in [6, 6.07) is 0. The van der Waals surface area contributed by atoms with Crippen LogP contribution in [-0.2, 0) is 9.53 Å². The van der Waals surface area contributed by atoms with Gasteiger partial charge in [0, 0.05) is 64.9 Å². The molecular formula is C24H45N5O2. The minimum Gasteiger partial charge on any atom is -0.377 e. The molecule has 7 heteroatoms. The van der Waals surface area contributed by atoms with Crippen LogP contribution >= 0.6 is 0 Å². The van der Waals surface area contributed by atoms with Gasteiger partial charge in [-0.3, -0.25) is 14.7 Å². The average Bonchev–Trinajstić information content (AvgIpc) is 2.77. The van der Waals surface area contributed by atoms with Crippen molar-refractivity contribution in [1.29, 1.82) is 0 Å². The summed E-state index contributed by atoms with van der Waals surface area (Å²) < 4.78 is 6.15. The first kappa shape index (κ1) is 24.3. The van der Waals surface area contributed by atoms with Crippen molar-refractivity contribution < 1.29 is 9.53 Å². The summed E-state index contributed by atoms with van der Waals surface area (Å²) in [5.41, 5.74) is 0.144. The largest absolute Gasteiger partial charge is 0.377 e. The van der Waals surface area contributed by atoms with Crippen LogP contribution in [0, 0.1) is 11.3 Å². The van der Waals surface area contributed by atoms with E-state index in [1.54, 1.807) is 0 Å². The van der Waals surface area contributed by atoms with Gasteiger partial charge in [-0.1, -0.05) is 20.8 Å². The van der Waals surface area contributed by atoms with E-state index < -0.39 is 0 Å². The number of rotatable bonds is 5. The van der Waals surface area contributed by atoms with Crippen LogP contribution in [0.4, 0.5) is 0 Å². The molecule has 3 fully saturated rings. The number of piperidine rings is 1. The van der Waals surface area contributed by atoms with Gasteiger partial charge in [0.05, 0.1) is 12.6 Å². The van der Waals surface area contributed by atoms with Crippen LogP contribution in [0.2, 0.25) is 0 Å². The minimum atomic E-state index is 0.144. The lowest BCUT2D eigenvalue weighted by Crippen LogP contribution is -2.54. The summed E-state index contributed by atoms with van der Waals surface area (Å²) in [5.74, 6) is 1.80. The number of likely N-dealkylation sites (tertiary alicyclic amines) is 1. The molecule has 0 spiro atoms. The van der Waals surface area contributed by atoms with Gasteiger partial charge < -0.3 is 19.9 Å². The molecule has 0 aliphatic carbocycles. The van der Waals surface area contributed by atoms with Crippen molar-refractivity contribution in [3.05, 3.63) is 0 Å². The smallest absolute Gasteiger partial charge is 0.236 e. The molecular weight excluding hydrogens is 390 g/mol. The third kappa shape index (κ3) is 7.07. The Morgan fingerprint density at radius 2 is 1.71 bits per heavy atom. The highest BCUT2D eigenvalue weighted by atomic mass is 16.5. The lowest BCUT2D eigenvalue weighted by molar-refractivity contribution is -0.133. The number of piperazine rings is 1. The number of ether oxygens (including phenoxy) is 1. The number of hydrogen-bond acceptors (Lipinski definition) is 4. The fourth-order valence-corrected chi connectivity index (χ4v) is 5.17. The Hall–Kier alpha value is -1.34. The normalized spacial score (nSPS) is 26.8. The van der Waals surface area contributed by atoms with Gasteiger partial charge in [-0.25, -0.2) is 0 Å². The van der Waals surface area contributed by atoms with Gasteiger partial charge in [-0.15, -0.1) is 0 Å². The van der Waals surface area contributed by atoms with Crippen LogP contribution < -0.4 is 5.32 Å². The van der Waals surface area contributed by atoms with Crippen LogP contribution in [0.3, 0.4) is 0 Å². The van der Waals surface area contributed by atoms with Crippen molar-refractivity contribution in [2.75, 3.05) is 65.5 Å². The number of nitrogens with zero attached hydrogens (tertiary/aromatic N) is 4. The molecule has 2 unspecified atom stereocenters. The van der Waals surface area contributed by atoms with Crippen LogP contribution in [0.15, 0.2) is 4.99 Å². The maximum absolute atomic E-state index is 12.6. The molecule has 3 aliphatic heterocycles. The van der Waals surface area contributed by atoms with Gasteiger partial charge in [0.15, 0.2) is 5.96 Å². The molecule has 3 rings (SSSR count). The van der Waals surface area contributed by atoms with E-state index in [4.69, 9.17) is 9.73 Å². The second kappa shape index (κ2) is 11.5. The number of hydrogen-bond donors (Lipinski definition) is 1. The lowest BCUT2D eigenvalue weighted by Gasteiger charge is -2.40. The molecule has 0 aromatic rings. The van der Waals surface area contributed by atoms with E-state index >= 15 is 0 Å². The van der Waals surface area contributed by atoms with E-state index in [0.29, 0.717) is 18.4 Å². The van der Waals surface area contributed by atoms with Crippen molar-refractivity contribution in [3.63, 3.8) is 0 Å². The summed E-state index contributed by atoms with van der Waals surface area (Å²) >= 11 is 0. The third-order valence-corrected chi connectivity index (χ3v) is 6.85. The van der Waals surface area contributed by atoms with Gasteiger partial charge >= 0.3 is 0 Å². The van der Waals surface area contributed by atoms with Crippen molar-refractivity contribution in [1.82, 2.24) is 20.0 Å². The summed E-state index contributed by atoms with van der Waals surface area (Å²) in [5, 5.41) is 3.49. The topological polar surface area (TPSA) is 60.4 Å². The fourth-order valence-electron chi connectivity index (χ4n) is 5.17. The Morgan fingerprint density at radius 3 is 2.35 bits per heavy atom. The quantitative estimate of drug-likeness (QED) is 0.531. The van der Waals surface area contributed by atoms with Crippen LogP contribution in [-0.4, -0.2) is 98.2 Å². The predicted octanol–water partition coefficient (Wildman–Crippen LogP) is 2.42. The minimum absolute atomic E-state index is 0.144. The zero-order valence-electron chi connectivity index (χ0n) is 20.4. The molecule has 178 valence electrons. The number of amides is 1. The van der Waals surface area contributed by atoms with E-state index in [2.05, 4.69) is 47.7 Å². The number of carbonyl (C=O) groups is 1. The highest BCUT2D eigenvalue weighted by Crippen LogP contribution is 2.34. The highest BCUT2D eigenvalue weighted by molar-refractivity contribution is 5.80. The summed E-state index contributed by atoms with van der Waals surface area (Å²) in [6.45, 7) is 17.6. The average molecular weight is 436 g/mol. The van der Waals surface area contributed by atoms with E-state index in [9.17, 15) is 4.79 Å². The summed E-state index contributed by atoms with van der Waals surface area (Å²) in [7, 11) is 0. The van der Waals surface area contributed by atoms with E-state index in [1.807, 2.05) is 0 Å². The summed E-state index contributed by atoms with van der Waals surface area (Å²) in [6.07, 6.45) is 6.17. The molecule has 31 heavy (non-hydrogen) atoms. The first-order chi connectivity index (χ1) is 14.9. The number of aliphatic imine (C=N–C) groups is 1. The zero-order valence-corrected chi connectivity index (χ0v) is 20.4. The fraction of sp³-hybridized carbons (Fsp3) is 0.917. The Morgan fingerprint density at radius 1 is 1.00 bits per heavy atom. The van der Waals surface area contributed by atoms with Gasteiger partial charge in [0.2, 0.25) is 5.91 Å². The maximum atomic E-state index is 12.6. The van der Waals surface area contributed by atoms with Gasteiger partial charge in [-0.2, -0.15) is 0 Å². The third-order valence-electron chi connectivity index (χ3n) is 6.85. The standard InChI is InChI=1S/C24H45N5O2/c1-5-25-23(26-18-20-10-9-17-31-22(20)24(2,3)4)29-15-13-27(14-16-29)19-21(30)28-11-7-6-8-12-28/h20,22H,5-19H2,1-4H3,(H,25,26). The SMILES string of the molecule is CCNC(=NCC1CCCOC1C(C)(C)C)N1CCN(CC(=O)N2CCCCC2)CC1. The first-order valence-electron chi connectivity index (χ1n) is 12.5. The Labute approximate surface area is 189 Å². The lowest BCUT2D eigenvalue weighted by atomic mass is 9.78. The molecule has 0 saturated carbocycles. The van der Waals surface area contributed by atoms with Crippen molar-refractivity contribution in [2.24, 2.45) is 16.3 Å². The van der Waals surface area contributed by atoms with Gasteiger partial charge in [0.1, 0.15) is 0 Å². The molecule has 1 amide bonds. The Balaban J connectivity index is 1.51. The summed E-state index contributed by atoms with van der Waals surface area (Å²) in [4.78, 5) is 24.4. The van der Waals surface area contributed by atoms with E-state index in [0.717, 1.165) is 84.2 Å². The molecule has 3 saturated heterocycles.